The number of hydrogen-bond acceptors (Lipinski definition) is 5. The molecular formula is C27H24ClN3O3. The van der Waals surface area contributed by atoms with E-state index in [0.29, 0.717) is 12.1 Å². The van der Waals surface area contributed by atoms with Gasteiger partial charge < -0.3 is 15.5 Å². The van der Waals surface area contributed by atoms with Gasteiger partial charge in [0.15, 0.2) is 0 Å². The zero-order valence-corrected chi connectivity index (χ0v) is 19.0. The van der Waals surface area contributed by atoms with Gasteiger partial charge in [-0.1, -0.05) is 78.3 Å². The van der Waals surface area contributed by atoms with Crippen molar-refractivity contribution in [1.29, 1.82) is 0 Å². The van der Waals surface area contributed by atoms with Crippen LogP contribution in [0.3, 0.4) is 0 Å². The van der Waals surface area contributed by atoms with E-state index in [0.717, 1.165) is 27.5 Å². The Hall–Kier alpha value is -3.71. The summed E-state index contributed by atoms with van der Waals surface area (Å²) in [5.74, 6) is -0.518. The molecule has 0 aliphatic carbocycles. The molecule has 0 radical (unpaired) electrons. The number of nitrogens with zero attached hydrogens (tertiary/aromatic N) is 1. The number of phenolic OH excluding ortho intramolecular Hbond substituents is 1. The highest BCUT2D eigenvalue weighted by Crippen LogP contribution is 2.24. The van der Waals surface area contributed by atoms with Crippen molar-refractivity contribution in [3.8, 4) is 5.75 Å². The number of fused-ring (bicyclic) bond motifs is 1. The lowest BCUT2D eigenvalue weighted by molar-refractivity contribution is 0.0955. The van der Waals surface area contributed by atoms with Gasteiger partial charge in [-0.15, -0.1) is 0 Å². The zero-order valence-electron chi connectivity index (χ0n) is 18.3. The second-order valence-electron chi connectivity index (χ2n) is 7.75. The number of benzene rings is 4. The lowest BCUT2D eigenvalue weighted by Crippen LogP contribution is -2.24. The lowest BCUT2D eigenvalue weighted by Gasteiger charge is -2.18. The summed E-state index contributed by atoms with van der Waals surface area (Å²) in [5, 5.41) is 29.0. The van der Waals surface area contributed by atoms with Gasteiger partial charge in [0.2, 0.25) is 0 Å². The van der Waals surface area contributed by atoms with Gasteiger partial charge >= 0.3 is 0 Å². The molecule has 0 fully saturated rings. The molecule has 4 aromatic carbocycles. The Labute approximate surface area is 202 Å². The molecule has 1 atom stereocenters. The van der Waals surface area contributed by atoms with E-state index in [-0.39, 0.29) is 23.4 Å². The Morgan fingerprint density at radius 1 is 0.971 bits per heavy atom. The maximum Gasteiger partial charge on any atom is 0.271 e. The fourth-order valence-corrected chi connectivity index (χ4v) is 3.91. The fraction of sp³-hybridized carbons (Fsp3) is 0.111. The Bertz CT molecular complexity index is 1330. The van der Waals surface area contributed by atoms with E-state index in [2.05, 4.69) is 15.8 Å². The monoisotopic (exact) mass is 473 g/mol. The molecule has 0 aromatic heterocycles. The highest BCUT2D eigenvalue weighted by atomic mass is 35.5. The van der Waals surface area contributed by atoms with Crippen molar-refractivity contribution in [1.82, 2.24) is 10.7 Å². The molecule has 0 heterocycles. The van der Waals surface area contributed by atoms with E-state index in [1.165, 1.54) is 18.2 Å². The van der Waals surface area contributed by atoms with Crippen molar-refractivity contribution >= 4 is 34.5 Å². The van der Waals surface area contributed by atoms with Crippen molar-refractivity contribution in [3.05, 3.63) is 112 Å². The smallest absolute Gasteiger partial charge is 0.271 e. The van der Waals surface area contributed by atoms with Crippen molar-refractivity contribution in [2.75, 3.05) is 6.61 Å². The minimum Gasteiger partial charge on any atom is -0.506 e. The molecule has 0 saturated carbocycles. The number of aliphatic hydroxyl groups is 1. The zero-order chi connectivity index (χ0) is 23.9. The Morgan fingerprint density at radius 3 is 2.44 bits per heavy atom. The summed E-state index contributed by atoms with van der Waals surface area (Å²) in [6, 6.07) is 25.8. The van der Waals surface area contributed by atoms with Crippen molar-refractivity contribution in [2.45, 2.75) is 12.6 Å². The quantitative estimate of drug-likeness (QED) is 0.219. The number of amides is 1. The number of phenols is 1. The molecule has 0 unspecified atom stereocenters. The normalized spacial score (nSPS) is 12.2. The van der Waals surface area contributed by atoms with Crippen LogP contribution in [-0.4, -0.2) is 28.9 Å². The molecule has 4 rings (SSSR count). The van der Waals surface area contributed by atoms with E-state index >= 15 is 0 Å². The molecule has 34 heavy (non-hydrogen) atoms. The van der Waals surface area contributed by atoms with Crippen LogP contribution in [0.15, 0.2) is 90.0 Å². The standard InChI is InChI=1S/C27H24ClN3O3/c28-24-14-19(12-13-26(24)33)27(34)31-30-16-21-11-10-20(22-8-4-5-9-23(21)22)15-29-25(17-32)18-6-2-1-3-7-18/h1-14,16,25,29,32-33H,15,17H2,(H,31,34)/b30-16+/t25-/m0/s1. The molecule has 0 aliphatic rings. The number of hydrogen-bond donors (Lipinski definition) is 4. The average molecular weight is 474 g/mol. The highest BCUT2D eigenvalue weighted by molar-refractivity contribution is 6.32. The number of aromatic hydroxyl groups is 1. The molecule has 4 N–H and O–H groups in total. The number of carbonyl (C=O) groups is 1. The number of hydrazone groups is 1. The molecule has 0 bridgehead atoms. The molecular weight excluding hydrogens is 450 g/mol. The molecule has 0 saturated heterocycles. The molecule has 172 valence electrons. The first-order chi connectivity index (χ1) is 16.6. The number of aliphatic hydroxyl groups excluding tert-OH is 1. The second-order valence-corrected chi connectivity index (χ2v) is 8.16. The van der Waals surface area contributed by atoms with Crippen LogP contribution in [0, 0.1) is 0 Å². The summed E-state index contributed by atoms with van der Waals surface area (Å²) < 4.78 is 0. The summed E-state index contributed by atoms with van der Waals surface area (Å²) in [6.45, 7) is 0.578. The Morgan fingerprint density at radius 2 is 1.71 bits per heavy atom. The van der Waals surface area contributed by atoms with Crippen molar-refractivity contribution < 1.29 is 15.0 Å². The van der Waals surface area contributed by atoms with Crippen LogP contribution in [0.1, 0.15) is 33.1 Å². The van der Waals surface area contributed by atoms with Gasteiger partial charge in [-0.2, -0.15) is 5.10 Å². The van der Waals surface area contributed by atoms with Crippen LogP contribution in [-0.2, 0) is 6.54 Å². The number of rotatable bonds is 8. The van der Waals surface area contributed by atoms with Crippen LogP contribution in [0.5, 0.6) is 5.75 Å². The van der Waals surface area contributed by atoms with E-state index in [4.69, 9.17) is 11.6 Å². The van der Waals surface area contributed by atoms with Gasteiger partial charge in [0.05, 0.1) is 23.9 Å². The SMILES string of the molecule is O=C(N/N=C/c1ccc(CN[C@@H](CO)c2ccccc2)c2ccccc12)c1ccc(O)c(Cl)c1. The van der Waals surface area contributed by atoms with Crippen LogP contribution in [0.25, 0.3) is 10.8 Å². The Balaban J connectivity index is 1.50. The van der Waals surface area contributed by atoms with Gasteiger partial charge in [0.1, 0.15) is 5.75 Å². The largest absolute Gasteiger partial charge is 0.506 e. The van der Waals surface area contributed by atoms with Crippen molar-refractivity contribution in [3.63, 3.8) is 0 Å². The first kappa shape index (κ1) is 23.4. The van der Waals surface area contributed by atoms with Crippen LogP contribution < -0.4 is 10.7 Å². The molecule has 0 aliphatic heterocycles. The molecule has 6 nitrogen and oxygen atoms in total. The third-order valence-electron chi connectivity index (χ3n) is 5.55. The first-order valence-electron chi connectivity index (χ1n) is 10.8. The summed E-state index contributed by atoms with van der Waals surface area (Å²) in [4.78, 5) is 12.3. The second kappa shape index (κ2) is 10.9. The first-order valence-corrected chi connectivity index (χ1v) is 11.2. The molecule has 1 amide bonds. The van der Waals surface area contributed by atoms with Gasteiger partial charge in [0.25, 0.3) is 5.91 Å². The van der Waals surface area contributed by atoms with E-state index in [9.17, 15) is 15.0 Å². The van der Waals surface area contributed by atoms with Gasteiger partial charge in [-0.05, 0) is 40.1 Å². The van der Waals surface area contributed by atoms with Crippen LogP contribution in [0.4, 0.5) is 0 Å². The lowest BCUT2D eigenvalue weighted by atomic mass is 9.99. The van der Waals surface area contributed by atoms with Gasteiger partial charge in [0, 0.05) is 17.7 Å². The number of nitrogens with one attached hydrogen (secondary N) is 2. The van der Waals surface area contributed by atoms with Crippen LogP contribution >= 0.6 is 11.6 Å². The molecule has 0 spiro atoms. The maximum absolute atomic E-state index is 12.3. The summed E-state index contributed by atoms with van der Waals surface area (Å²) >= 11 is 5.87. The third-order valence-corrected chi connectivity index (χ3v) is 5.85. The summed E-state index contributed by atoms with van der Waals surface area (Å²) in [7, 11) is 0. The minimum absolute atomic E-state index is 0.00136. The van der Waals surface area contributed by atoms with E-state index in [1.807, 2.05) is 66.7 Å². The average Bonchev–Trinajstić information content (AvgIpc) is 2.87. The maximum atomic E-state index is 12.3. The highest BCUT2D eigenvalue weighted by Gasteiger charge is 2.11. The molecule has 4 aromatic rings. The number of halogens is 1. The minimum atomic E-state index is -0.431. The van der Waals surface area contributed by atoms with Crippen LogP contribution in [0.2, 0.25) is 5.02 Å². The number of carbonyl (C=O) groups excluding carboxylic acids is 1. The van der Waals surface area contributed by atoms with Gasteiger partial charge in [-0.25, -0.2) is 5.43 Å². The van der Waals surface area contributed by atoms with Gasteiger partial charge in [-0.3, -0.25) is 4.79 Å². The van der Waals surface area contributed by atoms with Crippen molar-refractivity contribution in [2.24, 2.45) is 5.10 Å². The van der Waals surface area contributed by atoms with E-state index < -0.39 is 5.91 Å². The Kier molecular flexibility index (Phi) is 7.54. The topological polar surface area (TPSA) is 94.0 Å². The summed E-state index contributed by atoms with van der Waals surface area (Å²) in [6.07, 6.45) is 1.60. The predicted molar refractivity (Wildman–Crippen MR) is 135 cm³/mol. The fourth-order valence-electron chi connectivity index (χ4n) is 3.73. The van der Waals surface area contributed by atoms with E-state index in [1.54, 1.807) is 6.21 Å². The summed E-state index contributed by atoms with van der Waals surface area (Å²) in [5.41, 5.74) is 5.76. The third kappa shape index (κ3) is 5.43. The molecule has 7 heteroatoms. The predicted octanol–water partition coefficient (Wildman–Crippen LogP) is 4.79.